The van der Waals surface area contributed by atoms with Gasteiger partial charge in [0.15, 0.2) is 0 Å². The van der Waals surface area contributed by atoms with Crippen LogP contribution in [0.3, 0.4) is 0 Å². The predicted molar refractivity (Wildman–Crippen MR) is 73.5 cm³/mol. The summed E-state index contributed by atoms with van der Waals surface area (Å²) < 4.78 is 4.81. The summed E-state index contributed by atoms with van der Waals surface area (Å²) in [5, 5.41) is 5.24. The quantitative estimate of drug-likeness (QED) is 0.486. The molecule has 0 fully saturated rings. The molecule has 4 N–H and O–H groups in total. The zero-order valence-electron chi connectivity index (χ0n) is 11.2. The van der Waals surface area contributed by atoms with Gasteiger partial charge in [0.05, 0.1) is 12.6 Å². The van der Waals surface area contributed by atoms with E-state index in [4.69, 9.17) is 10.5 Å². The number of hydrogen-bond donors (Lipinski definition) is 3. The second-order valence-corrected chi connectivity index (χ2v) is 4.89. The fourth-order valence-electron chi connectivity index (χ4n) is 1.19. The summed E-state index contributed by atoms with van der Waals surface area (Å²) in [6.07, 6.45) is 2.56. The van der Waals surface area contributed by atoms with E-state index in [9.17, 15) is 9.59 Å². The first kappa shape index (κ1) is 17.2. The standard InChI is InChI=1S/C11H23N3O3S/c1-8(10(15)13-5-6-17-2)14-11(16)9(12)4-7-18-3/h8-9H,4-7,12H2,1-3H3,(H,13,15)(H,14,16)/t8?,9-/m0/s1. The van der Waals surface area contributed by atoms with E-state index in [0.717, 1.165) is 5.75 Å². The molecule has 0 rings (SSSR count). The Kier molecular flexibility index (Phi) is 9.72. The van der Waals surface area contributed by atoms with Crippen molar-refractivity contribution in [3.63, 3.8) is 0 Å². The maximum absolute atomic E-state index is 11.6. The third-order valence-corrected chi connectivity index (χ3v) is 2.97. The van der Waals surface area contributed by atoms with Crippen LogP contribution in [0.5, 0.6) is 0 Å². The SMILES string of the molecule is COCCNC(=O)C(C)NC(=O)[C@@H](N)CCSC. The van der Waals surface area contributed by atoms with Crippen LogP contribution in [0.25, 0.3) is 0 Å². The maximum atomic E-state index is 11.6. The highest BCUT2D eigenvalue weighted by Crippen LogP contribution is 1.99. The largest absolute Gasteiger partial charge is 0.383 e. The van der Waals surface area contributed by atoms with Crippen LogP contribution < -0.4 is 16.4 Å². The first-order valence-corrected chi connectivity index (χ1v) is 7.23. The van der Waals surface area contributed by atoms with Gasteiger partial charge in [0, 0.05) is 13.7 Å². The lowest BCUT2D eigenvalue weighted by Crippen LogP contribution is -2.50. The molecule has 0 aromatic carbocycles. The van der Waals surface area contributed by atoms with E-state index in [1.165, 1.54) is 0 Å². The molecule has 0 aromatic heterocycles. The molecular weight excluding hydrogens is 254 g/mol. The molecule has 0 bridgehead atoms. The summed E-state index contributed by atoms with van der Waals surface area (Å²) in [4.78, 5) is 23.2. The fraction of sp³-hybridized carbons (Fsp3) is 0.818. The zero-order chi connectivity index (χ0) is 14.0. The van der Waals surface area contributed by atoms with E-state index in [0.29, 0.717) is 19.6 Å². The molecule has 106 valence electrons. The topological polar surface area (TPSA) is 93.5 Å². The number of nitrogens with one attached hydrogen (secondary N) is 2. The number of ether oxygens (including phenoxy) is 1. The van der Waals surface area contributed by atoms with Gasteiger partial charge in [-0.1, -0.05) is 0 Å². The van der Waals surface area contributed by atoms with Crippen LogP contribution >= 0.6 is 11.8 Å². The number of hydrogen-bond acceptors (Lipinski definition) is 5. The maximum Gasteiger partial charge on any atom is 0.242 e. The van der Waals surface area contributed by atoms with E-state index in [1.807, 2.05) is 6.26 Å². The molecule has 0 aromatic rings. The zero-order valence-corrected chi connectivity index (χ0v) is 12.0. The summed E-state index contributed by atoms with van der Waals surface area (Å²) in [6, 6.07) is -1.15. The average molecular weight is 277 g/mol. The number of amides is 2. The monoisotopic (exact) mass is 277 g/mol. The molecule has 6 nitrogen and oxygen atoms in total. The van der Waals surface area contributed by atoms with Crippen molar-refractivity contribution in [2.24, 2.45) is 5.73 Å². The molecule has 1 unspecified atom stereocenters. The molecule has 18 heavy (non-hydrogen) atoms. The van der Waals surface area contributed by atoms with E-state index in [1.54, 1.807) is 25.8 Å². The molecule has 0 aliphatic heterocycles. The van der Waals surface area contributed by atoms with Crippen molar-refractivity contribution < 1.29 is 14.3 Å². The van der Waals surface area contributed by atoms with E-state index >= 15 is 0 Å². The second kappa shape index (κ2) is 10.2. The minimum atomic E-state index is -0.588. The molecule has 0 saturated heterocycles. The minimum absolute atomic E-state index is 0.238. The molecule has 2 amide bonds. The number of nitrogens with two attached hydrogens (primary N) is 1. The fourth-order valence-corrected chi connectivity index (χ4v) is 1.68. The summed E-state index contributed by atoms with van der Waals surface area (Å²) in [6.45, 7) is 2.50. The van der Waals surface area contributed by atoms with Crippen LogP contribution in [-0.4, -0.2) is 56.2 Å². The lowest BCUT2D eigenvalue weighted by molar-refractivity contribution is -0.129. The lowest BCUT2D eigenvalue weighted by Gasteiger charge is -2.17. The predicted octanol–water partition coefficient (Wildman–Crippen LogP) is -0.666. The average Bonchev–Trinajstić information content (AvgIpc) is 2.35. The van der Waals surface area contributed by atoms with Crippen molar-refractivity contribution in [1.29, 1.82) is 0 Å². The Morgan fingerprint density at radius 3 is 2.61 bits per heavy atom. The van der Waals surface area contributed by atoms with Gasteiger partial charge >= 0.3 is 0 Å². The van der Waals surface area contributed by atoms with E-state index in [-0.39, 0.29) is 11.8 Å². The molecule has 0 radical (unpaired) electrons. The summed E-state index contributed by atoms with van der Waals surface area (Å²) in [5.74, 6) is 0.291. The van der Waals surface area contributed by atoms with Gasteiger partial charge in [-0.2, -0.15) is 11.8 Å². The van der Waals surface area contributed by atoms with Gasteiger partial charge in [0.25, 0.3) is 0 Å². The van der Waals surface area contributed by atoms with Gasteiger partial charge in [0.1, 0.15) is 6.04 Å². The van der Waals surface area contributed by atoms with Crippen molar-refractivity contribution in [1.82, 2.24) is 10.6 Å². The number of rotatable bonds is 9. The molecular formula is C11H23N3O3S. The molecule has 0 saturated carbocycles. The smallest absolute Gasteiger partial charge is 0.242 e. The Morgan fingerprint density at radius 2 is 2.06 bits per heavy atom. The van der Waals surface area contributed by atoms with Crippen molar-refractivity contribution >= 4 is 23.6 Å². The van der Waals surface area contributed by atoms with Crippen molar-refractivity contribution in [2.75, 3.05) is 32.3 Å². The first-order valence-electron chi connectivity index (χ1n) is 5.84. The van der Waals surface area contributed by atoms with Crippen LogP contribution in [0.2, 0.25) is 0 Å². The Balaban J connectivity index is 3.94. The Morgan fingerprint density at radius 1 is 1.39 bits per heavy atom. The summed E-state index contributed by atoms with van der Waals surface area (Å²) in [5.41, 5.74) is 5.70. The molecule has 2 atom stereocenters. The highest BCUT2D eigenvalue weighted by Gasteiger charge is 2.19. The van der Waals surface area contributed by atoms with Gasteiger partial charge in [-0.05, 0) is 25.4 Å². The van der Waals surface area contributed by atoms with E-state index < -0.39 is 12.1 Å². The molecule has 0 aliphatic carbocycles. The van der Waals surface area contributed by atoms with E-state index in [2.05, 4.69) is 10.6 Å². The highest BCUT2D eigenvalue weighted by molar-refractivity contribution is 7.98. The number of methoxy groups -OCH3 is 1. The van der Waals surface area contributed by atoms with Crippen molar-refractivity contribution in [2.45, 2.75) is 25.4 Å². The Labute approximate surface area is 112 Å². The van der Waals surface area contributed by atoms with Gasteiger partial charge in [-0.3, -0.25) is 9.59 Å². The molecule has 7 heteroatoms. The lowest BCUT2D eigenvalue weighted by atomic mass is 10.2. The van der Waals surface area contributed by atoms with Gasteiger partial charge < -0.3 is 21.1 Å². The Hall–Kier alpha value is -0.790. The number of carbonyl (C=O) groups excluding carboxylic acids is 2. The third kappa shape index (κ3) is 7.52. The van der Waals surface area contributed by atoms with Gasteiger partial charge in [0.2, 0.25) is 11.8 Å². The van der Waals surface area contributed by atoms with Crippen molar-refractivity contribution in [3.8, 4) is 0 Å². The van der Waals surface area contributed by atoms with Gasteiger partial charge in [-0.15, -0.1) is 0 Å². The summed E-state index contributed by atoms with van der Waals surface area (Å²) >= 11 is 1.63. The van der Waals surface area contributed by atoms with Crippen LogP contribution in [0.4, 0.5) is 0 Å². The highest BCUT2D eigenvalue weighted by atomic mass is 32.2. The molecule has 0 aliphatic rings. The second-order valence-electron chi connectivity index (χ2n) is 3.90. The van der Waals surface area contributed by atoms with Crippen LogP contribution in [0, 0.1) is 0 Å². The van der Waals surface area contributed by atoms with Crippen LogP contribution in [-0.2, 0) is 14.3 Å². The van der Waals surface area contributed by atoms with Crippen LogP contribution in [0.1, 0.15) is 13.3 Å². The summed E-state index contributed by atoms with van der Waals surface area (Å²) in [7, 11) is 1.56. The normalized spacial score (nSPS) is 13.8. The van der Waals surface area contributed by atoms with Crippen LogP contribution in [0.15, 0.2) is 0 Å². The third-order valence-electron chi connectivity index (χ3n) is 2.33. The molecule has 0 heterocycles. The minimum Gasteiger partial charge on any atom is -0.383 e. The van der Waals surface area contributed by atoms with Crippen molar-refractivity contribution in [3.05, 3.63) is 0 Å². The number of carbonyl (C=O) groups is 2. The number of thioether (sulfide) groups is 1. The Bertz CT molecular complexity index is 264. The van der Waals surface area contributed by atoms with Gasteiger partial charge in [-0.25, -0.2) is 0 Å². The molecule has 0 spiro atoms. The first-order chi connectivity index (χ1) is 8.52.